The summed E-state index contributed by atoms with van der Waals surface area (Å²) in [7, 11) is 0. The number of hydrogen-bond donors (Lipinski definition) is 4. The molecular weight excluding hydrogens is 352 g/mol. The fourth-order valence-electron chi connectivity index (χ4n) is 2.52. The standard InChI is InChI=1S/C20H25F2N3O2/c1-2-3-4-16(21)19(22)20(27)25-18-10-7-14(11-17(18)23)24-12-13-5-8-15(26)9-6-13/h5-11,16,19,24,26H,2-4,12,23H2,1H3,(H,25,27)/t16-,19+/m0/s1. The van der Waals surface area contributed by atoms with Crippen LogP contribution in [0.3, 0.4) is 0 Å². The summed E-state index contributed by atoms with van der Waals surface area (Å²) in [5, 5.41) is 14.8. The number of halogens is 2. The van der Waals surface area contributed by atoms with Crippen LogP contribution in [0.4, 0.5) is 25.8 Å². The second-order valence-corrected chi connectivity index (χ2v) is 6.37. The summed E-state index contributed by atoms with van der Waals surface area (Å²) in [6, 6.07) is 11.6. The Kier molecular flexibility index (Phi) is 7.40. The van der Waals surface area contributed by atoms with E-state index in [0.29, 0.717) is 18.7 Å². The van der Waals surface area contributed by atoms with Crippen LogP contribution in [0.5, 0.6) is 5.75 Å². The van der Waals surface area contributed by atoms with Gasteiger partial charge in [-0.1, -0.05) is 31.9 Å². The van der Waals surface area contributed by atoms with Gasteiger partial charge in [0, 0.05) is 12.2 Å². The van der Waals surface area contributed by atoms with Crippen molar-refractivity contribution >= 4 is 23.0 Å². The van der Waals surface area contributed by atoms with Gasteiger partial charge in [-0.15, -0.1) is 0 Å². The second kappa shape index (κ2) is 9.75. The van der Waals surface area contributed by atoms with Crippen LogP contribution in [0.25, 0.3) is 0 Å². The molecule has 0 aromatic heterocycles. The molecule has 2 aromatic carbocycles. The summed E-state index contributed by atoms with van der Waals surface area (Å²) in [5.41, 5.74) is 8.07. The zero-order chi connectivity index (χ0) is 19.8. The molecule has 7 heteroatoms. The molecule has 0 aliphatic carbocycles. The molecule has 0 radical (unpaired) electrons. The number of nitrogens with two attached hydrogens (primary N) is 1. The lowest BCUT2D eigenvalue weighted by molar-refractivity contribution is -0.123. The van der Waals surface area contributed by atoms with E-state index in [0.717, 1.165) is 12.0 Å². The van der Waals surface area contributed by atoms with Gasteiger partial charge in [-0.3, -0.25) is 4.79 Å². The summed E-state index contributed by atoms with van der Waals surface area (Å²) in [5.74, 6) is -0.838. The van der Waals surface area contributed by atoms with E-state index in [9.17, 15) is 18.7 Å². The third kappa shape index (κ3) is 6.13. The summed E-state index contributed by atoms with van der Waals surface area (Å²) < 4.78 is 27.6. The SMILES string of the molecule is CCCC[C@H](F)[C@@H](F)C(=O)Nc1ccc(NCc2ccc(O)cc2)cc1N. The molecule has 0 fully saturated rings. The molecule has 0 aliphatic heterocycles. The van der Waals surface area contributed by atoms with E-state index in [1.54, 1.807) is 42.5 Å². The van der Waals surface area contributed by atoms with Gasteiger partial charge in [0.1, 0.15) is 11.9 Å². The van der Waals surface area contributed by atoms with Crippen molar-refractivity contribution in [2.24, 2.45) is 0 Å². The highest BCUT2D eigenvalue weighted by Gasteiger charge is 2.27. The van der Waals surface area contributed by atoms with Gasteiger partial charge in [0.15, 0.2) is 0 Å². The Morgan fingerprint density at radius 3 is 2.52 bits per heavy atom. The fraction of sp³-hybridized carbons (Fsp3) is 0.350. The van der Waals surface area contributed by atoms with Crippen molar-refractivity contribution in [3.8, 4) is 5.75 Å². The first-order valence-electron chi connectivity index (χ1n) is 8.91. The lowest BCUT2D eigenvalue weighted by atomic mass is 10.1. The van der Waals surface area contributed by atoms with Gasteiger partial charge in [0.05, 0.1) is 11.4 Å². The number of carbonyl (C=O) groups excluding carboxylic acids is 1. The zero-order valence-electron chi connectivity index (χ0n) is 15.2. The van der Waals surface area contributed by atoms with Crippen LogP contribution >= 0.6 is 0 Å². The molecular formula is C20H25F2N3O2. The highest BCUT2D eigenvalue weighted by Crippen LogP contribution is 2.24. The number of carbonyl (C=O) groups is 1. The van der Waals surface area contributed by atoms with Gasteiger partial charge in [0.25, 0.3) is 5.91 Å². The van der Waals surface area contributed by atoms with Gasteiger partial charge in [-0.05, 0) is 42.3 Å². The number of hydrogen-bond acceptors (Lipinski definition) is 4. The Labute approximate surface area is 157 Å². The van der Waals surface area contributed by atoms with Crippen LogP contribution < -0.4 is 16.4 Å². The summed E-state index contributed by atoms with van der Waals surface area (Å²) >= 11 is 0. The minimum atomic E-state index is -2.22. The van der Waals surface area contributed by atoms with Gasteiger partial charge in [-0.2, -0.15) is 0 Å². The third-order valence-electron chi connectivity index (χ3n) is 4.14. The third-order valence-corrected chi connectivity index (χ3v) is 4.14. The molecule has 0 bridgehead atoms. The van der Waals surface area contributed by atoms with Gasteiger partial charge < -0.3 is 21.5 Å². The van der Waals surface area contributed by atoms with Gasteiger partial charge in [0.2, 0.25) is 6.17 Å². The smallest absolute Gasteiger partial charge is 0.262 e. The van der Waals surface area contributed by atoms with Crippen molar-refractivity contribution in [2.45, 2.75) is 45.1 Å². The molecule has 27 heavy (non-hydrogen) atoms. The minimum absolute atomic E-state index is 0.0146. The maximum atomic E-state index is 13.9. The van der Waals surface area contributed by atoms with Crippen molar-refractivity contribution in [3.63, 3.8) is 0 Å². The average molecular weight is 377 g/mol. The van der Waals surface area contributed by atoms with Gasteiger partial charge in [-0.25, -0.2) is 8.78 Å². The van der Waals surface area contributed by atoms with Crippen molar-refractivity contribution in [1.82, 2.24) is 0 Å². The molecule has 1 amide bonds. The number of nitrogen functional groups attached to an aromatic ring is 1. The number of nitrogens with one attached hydrogen (secondary N) is 2. The first-order valence-corrected chi connectivity index (χ1v) is 8.91. The van der Waals surface area contributed by atoms with Crippen molar-refractivity contribution < 1.29 is 18.7 Å². The first kappa shape index (κ1) is 20.5. The first-order chi connectivity index (χ1) is 12.9. The second-order valence-electron chi connectivity index (χ2n) is 6.37. The van der Waals surface area contributed by atoms with Crippen molar-refractivity contribution in [1.29, 1.82) is 0 Å². The monoisotopic (exact) mass is 377 g/mol. The van der Waals surface area contributed by atoms with E-state index in [4.69, 9.17) is 5.73 Å². The maximum Gasteiger partial charge on any atom is 0.262 e. The summed E-state index contributed by atoms with van der Waals surface area (Å²) in [4.78, 5) is 11.9. The fourth-order valence-corrected chi connectivity index (χ4v) is 2.52. The molecule has 0 saturated carbocycles. The Bertz CT molecular complexity index is 753. The molecule has 0 saturated heterocycles. The van der Waals surface area contributed by atoms with Crippen LogP contribution in [-0.4, -0.2) is 23.4 Å². The molecule has 5 nitrogen and oxygen atoms in total. The number of benzene rings is 2. The van der Waals surface area contributed by atoms with Crippen LogP contribution in [0, 0.1) is 0 Å². The molecule has 2 atom stereocenters. The predicted molar refractivity (Wildman–Crippen MR) is 104 cm³/mol. The zero-order valence-corrected chi connectivity index (χ0v) is 15.2. The number of phenols is 1. The number of unbranched alkanes of at least 4 members (excludes halogenated alkanes) is 1. The highest BCUT2D eigenvalue weighted by molar-refractivity contribution is 5.97. The lowest BCUT2D eigenvalue weighted by Crippen LogP contribution is -2.32. The molecule has 0 heterocycles. The number of aromatic hydroxyl groups is 1. The Hall–Kier alpha value is -2.83. The van der Waals surface area contributed by atoms with Crippen molar-refractivity contribution in [2.75, 3.05) is 16.4 Å². The maximum absolute atomic E-state index is 13.9. The van der Waals surface area contributed by atoms with E-state index in [2.05, 4.69) is 10.6 Å². The number of amides is 1. The van der Waals surface area contributed by atoms with Gasteiger partial charge >= 0.3 is 0 Å². The average Bonchev–Trinajstić information content (AvgIpc) is 2.66. The Morgan fingerprint density at radius 2 is 1.89 bits per heavy atom. The van der Waals surface area contributed by atoms with E-state index in [1.165, 1.54) is 0 Å². The normalized spacial score (nSPS) is 13.0. The van der Waals surface area contributed by atoms with Crippen molar-refractivity contribution in [3.05, 3.63) is 48.0 Å². The number of anilines is 3. The Balaban J connectivity index is 1.93. The molecule has 0 aliphatic rings. The highest BCUT2D eigenvalue weighted by atomic mass is 19.2. The van der Waals surface area contributed by atoms with E-state index in [-0.39, 0.29) is 23.5 Å². The number of rotatable bonds is 9. The minimum Gasteiger partial charge on any atom is -0.508 e. The molecule has 2 rings (SSSR count). The number of phenolic OH excluding ortho intramolecular Hbond substituents is 1. The molecule has 0 unspecified atom stereocenters. The van der Waals surface area contributed by atoms with Crippen LogP contribution in [-0.2, 0) is 11.3 Å². The Morgan fingerprint density at radius 1 is 1.19 bits per heavy atom. The largest absolute Gasteiger partial charge is 0.508 e. The molecule has 5 N–H and O–H groups in total. The quantitative estimate of drug-likeness (QED) is 0.488. The van der Waals surface area contributed by atoms with E-state index >= 15 is 0 Å². The lowest BCUT2D eigenvalue weighted by Gasteiger charge is -2.15. The molecule has 2 aromatic rings. The van der Waals surface area contributed by atoms with Crippen LogP contribution in [0.15, 0.2) is 42.5 Å². The van der Waals surface area contributed by atoms with E-state index < -0.39 is 18.3 Å². The summed E-state index contributed by atoms with van der Waals surface area (Å²) in [6.07, 6.45) is -2.76. The van der Waals surface area contributed by atoms with Crippen LogP contribution in [0.1, 0.15) is 31.7 Å². The summed E-state index contributed by atoms with van der Waals surface area (Å²) in [6.45, 7) is 2.39. The number of alkyl halides is 2. The predicted octanol–water partition coefficient (Wildman–Crippen LogP) is 4.39. The topological polar surface area (TPSA) is 87.4 Å². The van der Waals surface area contributed by atoms with Crippen LogP contribution in [0.2, 0.25) is 0 Å². The molecule has 146 valence electrons. The van der Waals surface area contributed by atoms with E-state index in [1.807, 2.05) is 6.92 Å². The molecule has 0 spiro atoms.